The highest BCUT2D eigenvalue weighted by atomic mass is 16.3. The largest absolute Gasteiger partial charge is 0.391 e. The van der Waals surface area contributed by atoms with Crippen LogP contribution in [-0.4, -0.2) is 31.3 Å². The molecule has 3 nitrogen and oxygen atoms in total. The molecule has 0 saturated heterocycles. The first-order chi connectivity index (χ1) is 9.13. The highest BCUT2D eigenvalue weighted by Gasteiger charge is 2.27. The van der Waals surface area contributed by atoms with Crippen LogP contribution in [0.15, 0.2) is 18.2 Å². The summed E-state index contributed by atoms with van der Waals surface area (Å²) >= 11 is 0. The lowest BCUT2D eigenvalue weighted by molar-refractivity contribution is 0.106. The van der Waals surface area contributed by atoms with Crippen LogP contribution >= 0.6 is 0 Å². The van der Waals surface area contributed by atoms with Gasteiger partial charge in [0.05, 0.1) is 12.1 Å². The summed E-state index contributed by atoms with van der Waals surface area (Å²) in [5.41, 5.74) is 3.83. The lowest BCUT2D eigenvalue weighted by Gasteiger charge is -2.37. The third-order valence-electron chi connectivity index (χ3n) is 4.21. The lowest BCUT2D eigenvalue weighted by atomic mass is 9.91. The van der Waals surface area contributed by atoms with Gasteiger partial charge in [-0.1, -0.05) is 25.0 Å². The normalized spacial score (nSPS) is 23.4. The Hall–Kier alpha value is -1.06. The molecular weight excluding hydrogens is 236 g/mol. The molecule has 19 heavy (non-hydrogen) atoms. The van der Waals surface area contributed by atoms with Gasteiger partial charge in [-0.05, 0) is 44.0 Å². The van der Waals surface area contributed by atoms with E-state index < -0.39 is 0 Å². The smallest absolute Gasteiger partial charge is 0.0743 e. The summed E-state index contributed by atoms with van der Waals surface area (Å²) in [4.78, 5) is 2.27. The van der Waals surface area contributed by atoms with Crippen LogP contribution in [0.3, 0.4) is 0 Å². The van der Waals surface area contributed by atoms with Crippen molar-refractivity contribution in [3.8, 4) is 0 Å². The van der Waals surface area contributed by atoms with E-state index in [-0.39, 0.29) is 12.1 Å². The van der Waals surface area contributed by atoms with E-state index in [0.29, 0.717) is 0 Å². The average molecular weight is 262 g/mol. The SMILES string of the molecule is CNCc1ccc(N(C)C2CCCCC2O)c(C)c1. The summed E-state index contributed by atoms with van der Waals surface area (Å²) in [7, 11) is 4.08. The molecule has 1 aliphatic rings. The van der Waals surface area contributed by atoms with Gasteiger partial charge in [-0.3, -0.25) is 0 Å². The minimum atomic E-state index is -0.185. The molecule has 0 bridgehead atoms. The molecule has 0 aromatic heterocycles. The molecule has 2 N–H and O–H groups in total. The van der Waals surface area contributed by atoms with Gasteiger partial charge in [0.1, 0.15) is 0 Å². The van der Waals surface area contributed by atoms with Crippen LogP contribution in [0.25, 0.3) is 0 Å². The van der Waals surface area contributed by atoms with E-state index in [1.165, 1.54) is 23.2 Å². The number of hydrogen-bond donors (Lipinski definition) is 2. The zero-order valence-corrected chi connectivity index (χ0v) is 12.3. The van der Waals surface area contributed by atoms with Crippen LogP contribution in [0.4, 0.5) is 5.69 Å². The van der Waals surface area contributed by atoms with Crippen molar-refractivity contribution in [3.05, 3.63) is 29.3 Å². The maximum absolute atomic E-state index is 10.2. The fourth-order valence-electron chi connectivity index (χ4n) is 3.15. The van der Waals surface area contributed by atoms with E-state index in [2.05, 4.69) is 42.4 Å². The van der Waals surface area contributed by atoms with Crippen LogP contribution in [0.1, 0.15) is 36.8 Å². The van der Waals surface area contributed by atoms with E-state index in [1.807, 2.05) is 7.05 Å². The summed E-state index contributed by atoms with van der Waals surface area (Å²) in [6, 6.07) is 6.86. The predicted octanol–water partition coefficient (Wildman–Crippen LogP) is 2.45. The van der Waals surface area contributed by atoms with Crippen molar-refractivity contribution in [3.63, 3.8) is 0 Å². The van der Waals surface area contributed by atoms with Gasteiger partial charge in [-0.2, -0.15) is 0 Å². The maximum Gasteiger partial charge on any atom is 0.0743 e. The molecule has 106 valence electrons. The first-order valence-electron chi connectivity index (χ1n) is 7.28. The van der Waals surface area contributed by atoms with Gasteiger partial charge >= 0.3 is 0 Å². The summed E-state index contributed by atoms with van der Waals surface area (Å²) in [5.74, 6) is 0. The first-order valence-corrected chi connectivity index (χ1v) is 7.28. The molecule has 2 unspecified atom stereocenters. The Kier molecular flexibility index (Phi) is 4.83. The van der Waals surface area contributed by atoms with Crippen molar-refractivity contribution in [1.29, 1.82) is 0 Å². The van der Waals surface area contributed by atoms with Gasteiger partial charge < -0.3 is 15.3 Å². The molecule has 1 fully saturated rings. The van der Waals surface area contributed by atoms with E-state index in [4.69, 9.17) is 0 Å². The van der Waals surface area contributed by atoms with E-state index in [1.54, 1.807) is 0 Å². The van der Waals surface area contributed by atoms with Crippen molar-refractivity contribution in [2.75, 3.05) is 19.0 Å². The fraction of sp³-hybridized carbons (Fsp3) is 0.625. The maximum atomic E-state index is 10.2. The summed E-state index contributed by atoms with van der Waals surface area (Å²) in [6.45, 7) is 3.05. The molecule has 0 heterocycles. The topological polar surface area (TPSA) is 35.5 Å². The average Bonchev–Trinajstić information content (AvgIpc) is 2.39. The van der Waals surface area contributed by atoms with Crippen LogP contribution < -0.4 is 10.2 Å². The third kappa shape index (κ3) is 3.28. The Morgan fingerprint density at radius 1 is 1.32 bits per heavy atom. The van der Waals surface area contributed by atoms with Gasteiger partial charge in [0.15, 0.2) is 0 Å². The lowest BCUT2D eigenvalue weighted by Crippen LogP contribution is -2.43. The zero-order chi connectivity index (χ0) is 13.8. The van der Waals surface area contributed by atoms with Crippen LogP contribution in [0.5, 0.6) is 0 Å². The van der Waals surface area contributed by atoms with Crippen LogP contribution in [0, 0.1) is 6.92 Å². The van der Waals surface area contributed by atoms with Gasteiger partial charge in [0, 0.05) is 19.3 Å². The van der Waals surface area contributed by atoms with Crippen molar-refractivity contribution in [2.24, 2.45) is 0 Å². The van der Waals surface area contributed by atoms with Gasteiger partial charge in [-0.25, -0.2) is 0 Å². The van der Waals surface area contributed by atoms with Crippen molar-refractivity contribution in [1.82, 2.24) is 5.32 Å². The van der Waals surface area contributed by atoms with E-state index in [9.17, 15) is 5.11 Å². The first kappa shape index (κ1) is 14.4. The quantitative estimate of drug-likeness (QED) is 0.875. The van der Waals surface area contributed by atoms with Gasteiger partial charge in [0.2, 0.25) is 0 Å². The molecule has 0 amide bonds. The van der Waals surface area contributed by atoms with Crippen LogP contribution in [-0.2, 0) is 6.54 Å². The minimum Gasteiger partial charge on any atom is -0.391 e. The van der Waals surface area contributed by atoms with Crippen molar-refractivity contribution >= 4 is 5.69 Å². The molecule has 1 aromatic rings. The third-order valence-corrected chi connectivity index (χ3v) is 4.21. The Morgan fingerprint density at radius 2 is 2.05 bits per heavy atom. The van der Waals surface area contributed by atoms with Gasteiger partial charge in [-0.15, -0.1) is 0 Å². The number of nitrogens with one attached hydrogen (secondary N) is 1. The number of rotatable bonds is 4. The minimum absolute atomic E-state index is 0.185. The highest BCUT2D eigenvalue weighted by Crippen LogP contribution is 2.29. The van der Waals surface area contributed by atoms with Crippen molar-refractivity contribution in [2.45, 2.75) is 51.3 Å². The molecule has 0 aliphatic heterocycles. The highest BCUT2D eigenvalue weighted by molar-refractivity contribution is 5.55. The molecule has 3 heteroatoms. The van der Waals surface area contributed by atoms with E-state index in [0.717, 1.165) is 25.8 Å². The molecule has 1 aromatic carbocycles. The Morgan fingerprint density at radius 3 is 2.68 bits per heavy atom. The summed E-state index contributed by atoms with van der Waals surface area (Å²) in [6.07, 6.45) is 4.23. The molecule has 0 radical (unpaired) electrons. The monoisotopic (exact) mass is 262 g/mol. The number of hydrogen-bond acceptors (Lipinski definition) is 3. The number of likely N-dealkylation sites (N-methyl/N-ethyl adjacent to an activating group) is 1. The zero-order valence-electron chi connectivity index (χ0n) is 12.3. The molecule has 1 saturated carbocycles. The van der Waals surface area contributed by atoms with E-state index >= 15 is 0 Å². The van der Waals surface area contributed by atoms with Crippen molar-refractivity contribution < 1.29 is 5.11 Å². The van der Waals surface area contributed by atoms with Gasteiger partial charge in [0.25, 0.3) is 0 Å². The number of aliphatic hydroxyl groups excluding tert-OH is 1. The second-order valence-corrected chi connectivity index (χ2v) is 5.68. The molecule has 0 spiro atoms. The number of aryl methyl sites for hydroxylation is 1. The fourth-order valence-corrected chi connectivity index (χ4v) is 3.15. The summed E-state index contributed by atoms with van der Waals surface area (Å²) < 4.78 is 0. The standard InChI is InChI=1S/C16H26N2O/c1-12-10-13(11-17-2)8-9-14(12)18(3)15-6-4-5-7-16(15)19/h8-10,15-17,19H,4-7,11H2,1-3H3. The Balaban J connectivity index is 2.16. The molecule has 1 aliphatic carbocycles. The van der Waals surface area contributed by atoms with Crippen LogP contribution in [0.2, 0.25) is 0 Å². The number of aliphatic hydroxyl groups is 1. The number of benzene rings is 1. The molecule has 2 atom stereocenters. The Bertz CT molecular complexity index is 419. The summed E-state index contributed by atoms with van der Waals surface area (Å²) in [5, 5.41) is 13.4. The number of nitrogens with zero attached hydrogens (tertiary/aromatic N) is 1. The molecular formula is C16H26N2O. The number of anilines is 1. The Labute approximate surface area is 116 Å². The second kappa shape index (κ2) is 6.40. The predicted molar refractivity (Wildman–Crippen MR) is 80.6 cm³/mol. The second-order valence-electron chi connectivity index (χ2n) is 5.68. The molecule has 2 rings (SSSR count).